The van der Waals surface area contributed by atoms with Gasteiger partial charge in [0.1, 0.15) is 6.61 Å². The van der Waals surface area contributed by atoms with Gasteiger partial charge in [0, 0.05) is 19.5 Å². The first kappa shape index (κ1) is 12.5. The number of hydrogen-bond donors (Lipinski definition) is 1. The van der Waals surface area contributed by atoms with Crippen molar-refractivity contribution in [2.75, 3.05) is 26.7 Å². The van der Waals surface area contributed by atoms with Gasteiger partial charge < -0.3 is 14.7 Å². The van der Waals surface area contributed by atoms with Crippen LogP contribution in [-0.2, 0) is 4.74 Å². The third kappa shape index (κ3) is 5.80. The second kappa shape index (κ2) is 6.85. The molecule has 0 aliphatic heterocycles. The van der Waals surface area contributed by atoms with Gasteiger partial charge in [-0.3, -0.25) is 0 Å². The minimum atomic E-state index is -0.260. The monoisotopic (exact) mass is 213 g/mol. The van der Waals surface area contributed by atoms with E-state index in [2.05, 4.69) is 11.0 Å². The molecule has 0 spiro atoms. The molecule has 0 amide bonds. The SMILES string of the molecule is CC(O)CN(C)CCOC1=CCCCC1. The summed E-state index contributed by atoms with van der Waals surface area (Å²) in [5.41, 5.74) is 0. The Hall–Kier alpha value is -0.540. The smallest absolute Gasteiger partial charge is 0.100 e. The molecule has 0 aromatic carbocycles. The summed E-state index contributed by atoms with van der Waals surface area (Å²) in [7, 11) is 2.01. The third-order valence-corrected chi connectivity index (χ3v) is 2.59. The van der Waals surface area contributed by atoms with Crippen LogP contribution in [-0.4, -0.2) is 42.9 Å². The lowest BCUT2D eigenvalue weighted by Crippen LogP contribution is -2.30. The van der Waals surface area contributed by atoms with Gasteiger partial charge in [-0.15, -0.1) is 0 Å². The number of aliphatic hydroxyl groups excluding tert-OH is 1. The Labute approximate surface area is 92.7 Å². The minimum Gasteiger partial charge on any atom is -0.497 e. The Kier molecular flexibility index (Phi) is 5.73. The lowest BCUT2D eigenvalue weighted by Gasteiger charge is -2.20. The maximum Gasteiger partial charge on any atom is 0.100 e. The summed E-state index contributed by atoms with van der Waals surface area (Å²) >= 11 is 0. The van der Waals surface area contributed by atoms with Crippen molar-refractivity contribution in [2.45, 2.75) is 38.7 Å². The van der Waals surface area contributed by atoms with E-state index in [1.807, 2.05) is 7.05 Å². The lowest BCUT2D eigenvalue weighted by atomic mass is 10.1. The van der Waals surface area contributed by atoms with Crippen molar-refractivity contribution in [1.82, 2.24) is 4.90 Å². The Morgan fingerprint density at radius 2 is 2.33 bits per heavy atom. The van der Waals surface area contributed by atoms with Crippen molar-refractivity contribution >= 4 is 0 Å². The summed E-state index contributed by atoms with van der Waals surface area (Å²) < 4.78 is 5.67. The van der Waals surface area contributed by atoms with E-state index in [-0.39, 0.29) is 6.10 Å². The molecule has 0 radical (unpaired) electrons. The predicted molar refractivity (Wildman–Crippen MR) is 61.7 cm³/mol. The fourth-order valence-corrected chi connectivity index (χ4v) is 1.81. The molecule has 0 heterocycles. The van der Waals surface area contributed by atoms with Crippen molar-refractivity contribution in [1.29, 1.82) is 0 Å². The van der Waals surface area contributed by atoms with Crippen molar-refractivity contribution in [2.24, 2.45) is 0 Å². The Balaban J connectivity index is 2.07. The average molecular weight is 213 g/mol. The van der Waals surface area contributed by atoms with Crippen LogP contribution in [0.2, 0.25) is 0 Å². The highest BCUT2D eigenvalue weighted by Gasteiger charge is 2.06. The maximum atomic E-state index is 9.18. The first-order valence-corrected chi connectivity index (χ1v) is 5.87. The molecule has 1 rings (SSSR count). The highest BCUT2D eigenvalue weighted by Crippen LogP contribution is 2.17. The maximum absolute atomic E-state index is 9.18. The largest absolute Gasteiger partial charge is 0.497 e. The van der Waals surface area contributed by atoms with Crippen LogP contribution in [0.3, 0.4) is 0 Å². The fourth-order valence-electron chi connectivity index (χ4n) is 1.81. The normalized spacial score (nSPS) is 18.8. The molecule has 1 aliphatic carbocycles. The molecule has 15 heavy (non-hydrogen) atoms. The molecule has 0 saturated heterocycles. The second-order valence-corrected chi connectivity index (χ2v) is 4.38. The Morgan fingerprint density at radius 3 is 2.93 bits per heavy atom. The molecule has 3 heteroatoms. The first-order valence-electron chi connectivity index (χ1n) is 5.87. The van der Waals surface area contributed by atoms with E-state index in [0.717, 1.165) is 25.3 Å². The molecule has 1 N–H and O–H groups in total. The molecular formula is C12H23NO2. The Morgan fingerprint density at radius 1 is 1.53 bits per heavy atom. The highest BCUT2D eigenvalue weighted by molar-refractivity contribution is 4.96. The molecule has 3 nitrogen and oxygen atoms in total. The number of aliphatic hydroxyl groups is 1. The van der Waals surface area contributed by atoms with Crippen LogP contribution in [0, 0.1) is 0 Å². The summed E-state index contributed by atoms with van der Waals surface area (Å²) in [6.45, 7) is 4.13. The summed E-state index contributed by atoms with van der Waals surface area (Å²) in [5.74, 6) is 1.16. The minimum absolute atomic E-state index is 0.260. The number of rotatable bonds is 6. The molecule has 0 saturated carbocycles. The van der Waals surface area contributed by atoms with Crippen LogP contribution in [0.25, 0.3) is 0 Å². The summed E-state index contributed by atoms with van der Waals surface area (Å²) in [4.78, 5) is 2.09. The zero-order chi connectivity index (χ0) is 11.1. The van der Waals surface area contributed by atoms with E-state index in [9.17, 15) is 5.11 Å². The van der Waals surface area contributed by atoms with Gasteiger partial charge in [-0.2, -0.15) is 0 Å². The van der Waals surface area contributed by atoms with Gasteiger partial charge in [0.05, 0.1) is 11.9 Å². The van der Waals surface area contributed by atoms with Gasteiger partial charge in [0.25, 0.3) is 0 Å². The first-order chi connectivity index (χ1) is 7.18. The third-order valence-electron chi connectivity index (χ3n) is 2.59. The molecule has 0 aromatic heterocycles. The van der Waals surface area contributed by atoms with Crippen LogP contribution in [0.15, 0.2) is 11.8 Å². The molecule has 1 atom stereocenters. The molecule has 1 aliphatic rings. The van der Waals surface area contributed by atoms with Crippen LogP contribution in [0.4, 0.5) is 0 Å². The van der Waals surface area contributed by atoms with Gasteiger partial charge in [-0.25, -0.2) is 0 Å². The van der Waals surface area contributed by atoms with E-state index < -0.39 is 0 Å². The predicted octanol–water partition coefficient (Wildman–Crippen LogP) is 1.77. The van der Waals surface area contributed by atoms with Crippen molar-refractivity contribution < 1.29 is 9.84 Å². The zero-order valence-electron chi connectivity index (χ0n) is 9.91. The number of ether oxygens (including phenoxy) is 1. The second-order valence-electron chi connectivity index (χ2n) is 4.38. The van der Waals surface area contributed by atoms with Crippen molar-refractivity contribution in [3.8, 4) is 0 Å². The van der Waals surface area contributed by atoms with E-state index in [1.165, 1.54) is 19.3 Å². The quantitative estimate of drug-likeness (QED) is 0.730. The van der Waals surface area contributed by atoms with Gasteiger partial charge in [0.2, 0.25) is 0 Å². The van der Waals surface area contributed by atoms with E-state index in [1.54, 1.807) is 6.92 Å². The molecular weight excluding hydrogens is 190 g/mol. The topological polar surface area (TPSA) is 32.7 Å². The number of nitrogens with zero attached hydrogens (tertiary/aromatic N) is 1. The summed E-state index contributed by atoms with van der Waals surface area (Å²) in [6, 6.07) is 0. The fraction of sp³-hybridized carbons (Fsp3) is 0.833. The van der Waals surface area contributed by atoms with E-state index in [0.29, 0.717) is 6.54 Å². The van der Waals surface area contributed by atoms with Gasteiger partial charge >= 0.3 is 0 Å². The standard InChI is InChI=1S/C12H23NO2/c1-11(14)10-13(2)8-9-15-12-6-4-3-5-7-12/h6,11,14H,3-5,7-10H2,1-2H3. The van der Waals surface area contributed by atoms with E-state index in [4.69, 9.17) is 4.74 Å². The van der Waals surface area contributed by atoms with E-state index >= 15 is 0 Å². The molecule has 0 aromatic rings. The van der Waals surface area contributed by atoms with Crippen LogP contribution >= 0.6 is 0 Å². The number of hydrogen-bond acceptors (Lipinski definition) is 3. The van der Waals surface area contributed by atoms with Crippen molar-refractivity contribution in [3.05, 3.63) is 11.8 Å². The average Bonchev–Trinajstić information content (AvgIpc) is 2.18. The van der Waals surface area contributed by atoms with Gasteiger partial charge in [-0.1, -0.05) is 0 Å². The van der Waals surface area contributed by atoms with Gasteiger partial charge in [-0.05, 0) is 39.3 Å². The van der Waals surface area contributed by atoms with Crippen LogP contribution in [0.5, 0.6) is 0 Å². The van der Waals surface area contributed by atoms with Crippen molar-refractivity contribution in [3.63, 3.8) is 0 Å². The number of allylic oxidation sites excluding steroid dienone is 2. The molecule has 88 valence electrons. The summed E-state index contributed by atoms with van der Waals surface area (Å²) in [5, 5.41) is 9.18. The lowest BCUT2D eigenvalue weighted by molar-refractivity contribution is 0.114. The zero-order valence-corrected chi connectivity index (χ0v) is 9.91. The molecule has 1 unspecified atom stereocenters. The molecule has 0 fully saturated rings. The highest BCUT2D eigenvalue weighted by atomic mass is 16.5. The van der Waals surface area contributed by atoms with Gasteiger partial charge in [0.15, 0.2) is 0 Å². The Bertz CT molecular complexity index is 202. The molecule has 0 bridgehead atoms. The number of likely N-dealkylation sites (N-methyl/N-ethyl adjacent to an activating group) is 1. The van der Waals surface area contributed by atoms with Crippen LogP contribution in [0.1, 0.15) is 32.6 Å². The van der Waals surface area contributed by atoms with Crippen LogP contribution < -0.4 is 0 Å². The summed E-state index contributed by atoms with van der Waals surface area (Å²) in [6.07, 6.45) is 6.77.